The van der Waals surface area contributed by atoms with Crippen molar-refractivity contribution in [1.82, 2.24) is 0 Å². The highest BCUT2D eigenvalue weighted by molar-refractivity contribution is 6.31. The van der Waals surface area contributed by atoms with Gasteiger partial charge in [-0.05, 0) is 18.2 Å². The van der Waals surface area contributed by atoms with Crippen molar-refractivity contribution in [3.63, 3.8) is 0 Å². The first kappa shape index (κ1) is 16.6. The third-order valence-electron chi connectivity index (χ3n) is 4.92. The van der Waals surface area contributed by atoms with Crippen molar-refractivity contribution in [3.05, 3.63) is 40.9 Å². The molecule has 1 aromatic carbocycles. The number of anilines is 1. The fourth-order valence-electron chi connectivity index (χ4n) is 3.81. The lowest BCUT2D eigenvalue weighted by molar-refractivity contribution is -0.137. The molecule has 1 N–H and O–H groups in total. The molecule has 132 valence electrons. The molecule has 0 saturated carbocycles. The van der Waals surface area contributed by atoms with Gasteiger partial charge in [-0.1, -0.05) is 23.8 Å². The van der Waals surface area contributed by atoms with Crippen LogP contribution in [0.2, 0.25) is 5.02 Å². The maximum atomic E-state index is 13.1. The van der Waals surface area contributed by atoms with Crippen molar-refractivity contribution in [1.29, 1.82) is 0 Å². The third kappa shape index (κ3) is 2.11. The number of hydrogen-bond acceptors (Lipinski definition) is 4. The fourth-order valence-corrected chi connectivity index (χ4v) is 4.03. The molecule has 0 aromatic heterocycles. The van der Waals surface area contributed by atoms with Crippen LogP contribution in [0, 0.1) is 11.8 Å². The van der Waals surface area contributed by atoms with E-state index in [1.807, 2.05) is 0 Å². The summed E-state index contributed by atoms with van der Waals surface area (Å²) in [6.45, 7) is -0.498. The number of aliphatic hydroxyl groups excluding tert-OH is 1. The molecule has 2 amide bonds. The van der Waals surface area contributed by atoms with Crippen LogP contribution in [-0.2, 0) is 20.5 Å². The minimum Gasteiger partial charge on any atom is -0.393 e. The number of hydrogen-bond donors (Lipinski definition) is 1. The van der Waals surface area contributed by atoms with E-state index in [0.717, 1.165) is 11.0 Å². The number of aliphatic hydroxyl groups is 1. The van der Waals surface area contributed by atoms with Crippen LogP contribution < -0.4 is 4.90 Å². The first-order valence-electron chi connectivity index (χ1n) is 7.42. The second-order valence-electron chi connectivity index (χ2n) is 6.23. The van der Waals surface area contributed by atoms with Crippen LogP contribution in [0.25, 0.3) is 0 Å². The molecule has 0 radical (unpaired) electrons. The number of benzene rings is 1. The van der Waals surface area contributed by atoms with Crippen molar-refractivity contribution < 1.29 is 32.6 Å². The highest BCUT2D eigenvalue weighted by atomic mass is 35.5. The lowest BCUT2D eigenvalue weighted by atomic mass is 9.77. The molecule has 4 atom stereocenters. The lowest BCUT2D eigenvalue weighted by Gasteiger charge is -2.26. The summed E-state index contributed by atoms with van der Waals surface area (Å²) >= 11 is 5.59. The van der Waals surface area contributed by atoms with Crippen molar-refractivity contribution in [3.8, 4) is 0 Å². The van der Waals surface area contributed by atoms with Gasteiger partial charge in [0.2, 0.25) is 11.8 Å². The van der Waals surface area contributed by atoms with E-state index in [4.69, 9.17) is 16.3 Å². The molecule has 5 nitrogen and oxygen atoms in total. The molecule has 9 heteroatoms. The Morgan fingerprint density at radius 3 is 2.64 bits per heavy atom. The van der Waals surface area contributed by atoms with Crippen LogP contribution in [0.5, 0.6) is 0 Å². The summed E-state index contributed by atoms with van der Waals surface area (Å²) in [5.41, 5.74) is -2.62. The molecule has 2 saturated heterocycles. The standard InChI is InChI=1S/C16H11ClF3NO4/c17-9-2-1-7(5-8(9)16(18,19)20)21-13(23)11-10-3-4-15(6-22,25-10)12(11)14(21)24/h1-5,10-12,22H,6H2/t10-,11-,12-,15-/m0/s1. The summed E-state index contributed by atoms with van der Waals surface area (Å²) in [5, 5.41) is 9.09. The summed E-state index contributed by atoms with van der Waals surface area (Å²) in [6.07, 6.45) is -2.26. The van der Waals surface area contributed by atoms with Gasteiger partial charge in [0.05, 0.1) is 40.8 Å². The van der Waals surface area contributed by atoms with Gasteiger partial charge < -0.3 is 9.84 Å². The van der Waals surface area contributed by atoms with E-state index in [9.17, 15) is 27.9 Å². The molecule has 25 heavy (non-hydrogen) atoms. The van der Waals surface area contributed by atoms with Gasteiger partial charge in [-0.2, -0.15) is 13.2 Å². The molecule has 0 spiro atoms. The van der Waals surface area contributed by atoms with E-state index < -0.39 is 58.7 Å². The Morgan fingerprint density at radius 2 is 2.00 bits per heavy atom. The number of ether oxygens (including phenoxy) is 1. The third-order valence-corrected chi connectivity index (χ3v) is 5.25. The zero-order valence-electron chi connectivity index (χ0n) is 12.5. The Kier molecular flexibility index (Phi) is 3.35. The fraction of sp³-hybridized carbons (Fsp3) is 0.375. The van der Waals surface area contributed by atoms with E-state index in [0.29, 0.717) is 6.07 Å². The van der Waals surface area contributed by atoms with Gasteiger partial charge >= 0.3 is 6.18 Å². The van der Waals surface area contributed by atoms with Gasteiger partial charge in [0.25, 0.3) is 0 Å². The first-order valence-corrected chi connectivity index (χ1v) is 7.80. The van der Waals surface area contributed by atoms with E-state index in [-0.39, 0.29) is 5.69 Å². The number of imide groups is 1. The van der Waals surface area contributed by atoms with Crippen LogP contribution in [-0.4, -0.2) is 35.2 Å². The van der Waals surface area contributed by atoms with E-state index in [2.05, 4.69) is 0 Å². The van der Waals surface area contributed by atoms with Gasteiger partial charge in [0, 0.05) is 0 Å². The van der Waals surface area contributed by atoms with Crippen LogP contribution >= 0.6 is 11.6 Å². The molecule has 0 unspecified atom stereocenters. The maximum Gasteiger partial charge on any atom is 0.417 e. The van der Waals surface area contributed by atoms with Crippen LogP contribution in [0.4, 0.5) is 18.9 Å². The molecular weight excluding hydrogens is 363 g/mol. The van der Waals surface area contributed by atoms with E-state index >= 15 is 0 Å². The quantitative estimate of drug-likeness (QED) is 0.637. The number of carbonyl (C=O) groups is 2. The number of fused-ring (bicyclic) bond motifs is 5. The monoisotopic (exact) mass is 373 g/mol. The van der Waals surface area contributed by atoms with Gasteiger partial charge in [-0.15, -0.1) is 0 Å². The molecule has 0 aliphatic carbocycles. The molecule has 4 rings (SSSR count). The zero-order chi connectivity index (χ0) is 18.1. The summed E-state index contributed by atoms with van der Waals surface area (Å²) in [6, 6.07) is 2.87. The Balaban J connectivity index is 1.77. The van der Waals surface area contributed by atoms with E-state index in [1.54, 1.807) is 6.08 Å². The van der Waals surface area contributed by atoms with Crippen LogP contribution in [0.3, 0.4) is 0 Å². The first-order chi connectivity index (χ1) is 11.7. The largest absolute Gasteiger partial charge is 0.417 e. The normalized spacial score (nSPS) is 33.5. The van der Waals surface area contributed by atoms with Crippen molar-refractivity contribution in [2.45, 2.75) is 17.9 Å². The average molecular weight is 374 g/mol. The Morgan fingerprint density at radius 1 is 1.28 bits per heavy atom. The number of halogens is 4. The second-order valence-corrected chi connectivity index (χ2v) is 6.64. The second kappa shape index (κ2) is 5.06. The highest BCUT2D eigenvalue weighted by Gasteiger charge is 2.67. The van der Waals surface area contributed by atoms with Crippen molar-refractivity contribution >= 4 is 29.1 Å². The molecule has 3 aliphatic rings. The van der Waals surface area contributed by atoms with E-state index in [1.165, 1.54) is 12.1 Å². The SMILES string of the molecule is O=C1[C@H]2[C@@H]3C=C[C@@](CO)(O3)[C@@H]2C(=O)N1c1ccc(Cl)c(C(F)(F)F)c1. The molecule has 2 fully saturated rings. The molecule has 2 bridgehead atoms. The topological polar surface area (TPSA) is 66.8 Å². The van der Waals surface area contributed by atoms with Crippen molar-refractivity contribution in [2.24, 2.45) is 11.8 Å². The molecule has 3 heterocycles. The maximum absolute atomic E-state index is 13.1. The predicted molar refractivity (Wildman–Crippen MR) is 79.8 cm³/mol. The summed E-state index contributed by atoms with van der Waals surface area (Å²) in [5.74, 6) is -3.14. The number of amides is 2. The number of rotatable bonds is 2. The van der Waals surface area contributed by atoms with Gasteiger partial charge in [-0.25, -0.2) is 4.90 Å². The average Bonchev–Trinajstić information content (AvgIpc) is 3.18. The number of alkyl halides is 3. The molecule has 1 aromatic rings. The molecule has 3 aliphatic heterocycles. The van der Waals surface area contributed by atoms with Crippen LogP contribution in [0.15, 0.2) is 30.4 Å². The summed E-state index contributed by atoms with van der Waals surface area (Å²) in [7, 11) is 0. The van der Waals surface area contributed by atoms with Gasteiger partial charge in [0.1, 0.15) is 5.60 Å². The Bertz CT molecular complexity index is 824. The molecular formula is C16H11ClF3NO4. The number of carbonyl (C=O) groups excluding carboxylic acids is 2. The zero-order valence-corrected chi connectivity index (χ0v) is 13.2. The Labute approximate surface area is 144 Å². The van der Waals surface area contributed by atoms with Gasteiger partial charge in [-0.3, -0.25) is 9.59 Å². The Hall–Kier alpha value is -1.90. The summed E-state index contributed by atoms with van der Waals surface area (Å²) in [4.78, 5) is 26.2. The van der Waals surface area contributed by atoms with Crippen molar-refractivity contribution in [2.75, 3.05) is 11.5 Å². The summed E-state index contributed by atoms with van der Waals surface area (Å²) < 4.78 is 44.7. The van der Waals surface area contributed by atoms with Crippen LogP contribution in [0.1, 0.15) is 5.56 Å². The number of nitrogens with zero attached hydrogens (tertiary/aromatic N) is 1. The minimum atomic E-state index is -4.72. The predicted octanol–water partition coefficient (Wildman–Crippen LogP) is 2.16. The minimum absolute atomic E-state index is 0.200. The highest BCUT2D eigenvalue weighted by Crippen LogP contribution is 2.52. The smallest absolute Gasteiger partial charge is 0.393 e. The lowest BCUT2D eigenvalue weighted by Crippen LogP contribution is -2.43. The van der Waals surface area contributed by atoms with Gasteiger partial charge in [0.15, 0.2) is 0 Å².